The lowest BCUT2D eigenvalue weighted by atomic mass is 10.0. The normalized spacial score (nSPS) is 12.8. The molecule has 0 radical (unpaired) electrons. The summed E-state index contributed by atoms with van der Waals surface area (Å²) in [6.07, 6.45) is 1.19. The molecule has 4 aromatic carbocycles. The van der Waals surface area contributed by atoms with E-state index < -0.39 is 12.1 Å². The number of rotatable bonds is 8. The molecule has 2 aromatic heterocycles. The predicted molar refractivity (Wildman–Crippen MR) is 150 cm³/mol. The van der Waals surface area contributed by atoms with Gasteiger partial charge in [-0.2, -0.15) is 5.10 Å². The number of carbonyl (C=O) groups is 1. The van der Waals surface area contributed by atoms with Gasteiger partial charge in [-0.1, -0.05) is 24.3 Å². The number of carbonyl (C=O) groups excluding carboxylic acids is 1. The molecule has 0 fully saturated rings. The standard InChI is InChI=1S/C31H26FN5O3/c1-19(34-31(38)30-35-26-8-3-4-9-27(26)36-30)29(20-6-5-7-24(16-20)39-2)40-25-14-15-28-21(17-25)18-33-37(28)23-12-10-22(32)11-13-23/h3-19,29H,1-2H3,(H,34,38)(H,35,36)/t19-,29+/m0/s1. The van der Waals surface area contributed by atoms with Gasteiger partial charge in [-0.25, -0.2) is 14.1 Å². The molecule has 0 unspecified atom stereocenters. The summed E-state index contributed by atoms with van der Waals surface area (Å²) in [7, 11) is 1.61. The molecule has 9 heteroatoms. The van der Waals surface area contributed by atoms with Crippen LogP contribution in [0.5, 0.6) is 11.5 Å². The van der Waals surface area contributed by atoms with Gasteiger partial charge in [0.2, 0.25) is 0 Å². The van der Waals surface area contributed by atoms with Crippen LogP contribution in [0.2, 0.25) is 0 Å². The molecule has 0 spiro atoms. The van der Waals surface area contributed by atoms with Crippen LogP contribution in [-0.2, 0) is 0 Å². The third-order valence-corrected chi connectivity index (χ3v) is 6.71. The first-order valence-electron chi connectivity index (χ1n) is 12.8. The first kappa shape index (κ1) is 25.1. The van der Waals surface area contributed by atoms with Crippen LogP contribution < -0.4 is 14.8 Å². The van der Waals surface area contributed by atoms with Gasteiger partial charge in [-0.3, -0.25) is 4.79 Å². The Morgan fingerprint density at radius 3 is 2.60 bits per heavy atom. The third kappa shape index (κ3) is 4.96. The van der Waals surface area contributed by atoms with Crippen LogP contribution in [0.15, 0.2) is 97.2 Å². The second-order valence-corrected chi connectivity index (χ2v) is 9.43. The van der Waals surface area contributed by atoms with Crippen LogP contribution in [0.3, 0.4) is 0 Å². The van der Waals surface area contributed by atoms with Gasteiger partial charge in [-0.05, 0) is 79.2 Å². The summed E-state index contributed by atoms with van der Waals surface area (Å²) in [5.41, 5.74) is 3.94. The number of ether oxygens (including phenoxy) is 2. The Labute approximate surface area is 229 Å². The number of benzene rings is 4. The molecule has 2 atom stereocenters. The van der Waals surface area contributed by atoms with Crippen molar-refractivity contribution in [2.45, 2.75) is 19.1 Å². The largest absolute Gasteiger partial charge is 0.497 e. The summed E-state index contributed by atoms with van der Waals surface area (Å²) >= 11 is 0. The summed E-state index contributed by atoms with van der Waals surface area (Å²) in [5, 5.41) is 8.36. The van der Waals surface area contributed by atoms with Gasteiger partial charge >= 0.3 is 0 Å². The molecule has 2 heterocycles. The Morgan fingerprint density at radius 2 is 1.80 bits per heavy atom. The van der Waals surface area contributed by atoms with Gasteiger partial charge in [-0.15, -0.1) is 0 Å². The number of aromatic amines is 1. The number of para-hydroxylation sites is 2. The van der Waals surface area contributed by atoms with Crippen LogP contribution in [0.1, 0.15) is 29.2 Å². The van der Waals surface area contributed by atoms with Crippen molar-refractivity contribution in [3.63, 3.8) is 0 Å². The highest BCUT2D eigenvalue weighted by atomic mass is 19.1. The first-order chi connectivity index (χ1) is 19.5. The molecule has 0 aliphatic carbocycles. The monoisotopic (exact) mass is 535 g/mol. The number of hydrogen-bond donors (Lipinski definition) is 2. The highest BCUT2D eigenvalue weighted by molar-refractivity contribution is 5.94. The summed E-state index contributed by atoms with van der Waals surface area (Å²) in [4.78, 5) is 20.6. The Bertz CT molecular complexity index is 1780. The molecule has 0 saturated heterocycles. The minimum Gasteiger partial charge on any atom is -0.497 e. The lowest BCUT2D eigenvalue weighted by Gasteiger charge is -2.26. The summed E-state index contributed by atoms with van der Waals surface area (Å²) in [5.74, 6) is 0.867. The average Bonchev–Trinajstić information content (AvgIpc) is 3.61. The fourth-order valence-corrected chi connectivity index (χ4v) is 4.71. The van der Waals surface area contributed by atoms with Gasteiger partial charge in [0.25, 0.3) is 5.91 Å². The molecule has 1 amide bonds. The van der Waals surface area contributed by atoms with Crippen molar-refractivity contribution in [1.29, 1.82) is 0 Å². The maximum absolute atomic E-state index is 13.4. The van der Waals surface area contributed by atoms with Crippen molar-refractivity contribution in [3.05, 3.63) is 114 Å². The van der Waals surface area contributed by atoms with E-state index in [1.54, 1.807) is 30.1 Å². The van der Waals surface area contributed by atoms with Crippen molar-refractivity contribution >= 4 is 27.8 Å². The van der Waals surface area contributed by atoms with E-state index in [0.717, 1.165) is 33.2 Å². The zero-order valence-corrected chi connectivity index (χ0v) is 21.8. The fourth-order valence-electron chi connectivity index (χ4n) is 4.71. The molecule has 0 bridgehead atoms. The van der Waals surface area contributed by atoms with Gasteiger partial charge in [0.15, 0.2) is 5.82 Å². The first-order valence-corrected chi connectivity index (χ1v) is 12.8. The number of nitrogens with zero attached hydrogens (tertiary/aromatic N) is 3. The van der Waals surface area contributed by atoms with E-state index in [-0.39, 0.29) is 17.5 Å². The molecule has 0 saturated carbocycles. The van der Waals surface area contributed by atoms with E-state index in [4.69, 9.17) is 9.47 Å². The van der Waals surface area contributed by atoms with Gasteiger partial charge < -0.3 is 19.8 Å². The molecule has 2 N–H and O–H groups in total. The van der Waals surface area contributed by atoms with E-state index in [0.29, 0.717) is 11.5 Å². The van der Waals surface area contributed by atoms with Crippen LogP contribution in [0, 0.1) is 5.82 Å². The Balaban J connectivity index is 1.29. The lowest BCUT2D eigenvalue weighted by Crippen LogP contribution is -2.39. The Hall–Kier alpha value is -5.18. The maximum Gasteiger partial charge on any atom is 0.287 e. The van der Waals surface area contributed by atoms with Crippen molar-refractivity contribution in [3.8, 4) is 17.2 Å². The molecule has 8 nitrogen and oxygen atoms in total. The van der Waals surface area contributed by atoms with E-state index in [1.165, 1.54) is 12.1 Å². The van der Waals surface area contributed by atoms with Crippen LogP contribution in [0.4, 0.5) is 4.39 Å². The Morgan fingerprint density at radius 1 is 0.975 bits per heavy atom. The smallest absolute Gasteiger partial charge is 0.287 e. The zero-order chi connectivity index (χ0) is 27.6. The van der Waals surface area contributed by atoms with E-state index in [1.807, 2.05) is 73.7 Å². The summed E-state index contributed by atoms with van der Waals surface area (Å²) < 4.78 is 27.1. The molecular formula is C31H26FN5O3. The number of imidazole rings is 1. The van der Waals surface area contributed by atoms with E-state index in [9.17, 15) is 9.18 Å². The summed E-state index contributed by atoms with van der Waals surface area (Å²) in [6.45, 7) is 1.88. The average molecular weight is 536 g/mol. The van der Waals surface area contributed by atoms with Crippen molar-refractivity contribution in [2.75, 3.05) is 7.11 Å². The third-order valence-electron chi connectivity index (χ3n) is 6.71. The van der Waals surface area contributed by atoms with Gasteiger partial charge in [0.1, 0.15) is 23.4 Å². The number of aromatic nitrogens is 4. The molecule has 40 heavy (non-hydrogen) atoms. The fraction of sp³-hybridized carbons (Fsp3) is 0.129. The minimum absolute atomic E-state index is 0.229. The van der Waals surface area contributed by atoms with Crippen LogP contribution in [-0.4, -0.2) is 38.8 Å². The quantitative estimate of drug-likeness (QED) is 0.250. The van der Waals surface area contributed by atoms with Crippen LogP contribution >= 0.6 is 0 Å². The predicted octanol–water partition coefficient (Wildman–Crippen LogP) is 5.99. The number of amides is 1. The number of fused-ring (bicyclic) bond motifs is 2. The van der Waals surface area contributed by atoms with Gasteiger partial charge in [0, 0.05) is 5.39 Å². The lowest BCUT2D eigenvalue weighted by molar-refractivity contribution is 0.0873. The van der Waals surface area contributed by atoms with Crippen molar-refractivity contribution in [1.82, 2.24) is 25.1 Å². The van der Waals surface area contributed by atoms with Crippen molar-refractivity contribution < 1.29 is 18.7 Å². The SMILES string of the molecule is COc1cccc([C@H](Oc2ccc3c(cnn3-c3ccc(F)cc3)c2)[C@H](C)NC(=O)c2nc3ccccc3[nH]2)c1. The molecule has 200 valence electrons. The number of hydrogen-bond acceptors (Lipinski definition) is 5. The minimum atomic E-state index is -0.548. The summed E-state index contributed by atoms with van der Waals surface area (Å²) in [6, 6.07) is 26.4. The molecular weight excluding hydrogens is 509 g/mol. The second-order valence-electron chi connectivity index (χ2n) is 9.43. The Kier molecular flexibility index (Phi) is 6.61. The molecule has 0 aliphatic heterocycles. The molecule has 6 rings (SSSR count). The number of nitrogens with one attached hydrogen (secondary N) is 2. The second kappa shape index (κ2) is 10.5. The maximum atomic E-state index is 13.4. The highest BCUT2D eigenvalue weighted by Gasteiger charge is 2.25. The number of H-pyrrole nitrogens is 1. The van der Waals surface area contributed by atoms with Crippen LogP contribution in [0.25, 0.3) is 27.6 Å². The molecule has 6 aromatic rings. The number of methoxy groups -OCH3 is 1. The van der Waals surface area contributed by atoms with Gasteiger partial charge in [0.05, 0.1) is 41.6 Å². The highest BCUT2D eigenvalue weighted by Crippen LogP contribution is 2.30. The van der Waals surface area contributed by atoms with E-state index >= 15 is 0 Å². The van der Waals surface area contributed by atoms with E-state index in [2.05, 4.69) is 20.4 Å². The molecule has 0 aliphatic rings. The topological polar surface area (TPSA) is 94.1 Å². The zero-order valence-electron chi connectivity index (χ0n) is 21.8. The van der Waals surface area contributed by atoms with Crippen molar-refractivity contribution in [2.24, 2.45) is 0 Å². The number of halogens is 1.